The predicted molar refractivity (Wildman–Crippen MR) is 78.7 cm³/mol. The Kier molecular flexibility index (Phi) is 4.82. The summed E-state index contributed by atoms with van der Waals surface area (Å²) < 4.78 is 26.8. The Balaban J connectivity index is 1.89. The van der Waals surface area contributed by atoms with E-state index in [0.29, 0.717) is 25.0 Å². The zero-order valence-corrected chi connectivity index (χ0v) is 13.2. The van der Waals surface area contributed by atoms with Crippen molar-refractivity contribution in [1.82, 2.24) is 19.2 Å². The van der Waals surface area contributed by atoms with Crippen molar-refractivity contribution < 1.29 is 8.42 Å². The minimum atomic E-state index is -3.06. The van der Waals surface area contributed by atoms with Gasteiger partial charge in [-0.3, -0.25) is 0 Å². The first kappa shape index (κ1) is 15.5. The lowest BCUT2D eigenvalue weighted by atomic mass is 9.95. The van der Waals surface area contributed by atoms with Gasteiger partial charge in [0.1, 0.15) is 5.82 Å². The summed E-state index contributed by atoms with van der Waals surface area (Å²) >= 11 is 0. The first-order chi connectivity index (χ1) is 9.41. The molecule has 20 heavy (non-hydrogen) atoms. The zero-order valence-electron chi connectivity index (χ0n) is 12.4. The highest BCUT2D eigenvalue weighted by molar-refractivity contribution is 7.88. The van der Waals surface area contributed by atoms with E-state index in [1.54, 1.807) is 4.31 Å². The van der Waals surface area contributed by atoms with E-state index in [2.05, 4.69) is 28.7 Å². The van der Waals surface area contributed by atoms with Crippen molar-refractivity contribution in [2.45, 2.75) is 39.4 Å². The minimum absolute atomic E-state index is 0.309. The van der Waals surface area contributed by atoms with Gasteiger partial charge in [0.25, 0.3) is 0 Å². The highest BCUT2D eigenvalue weighted by Gasteiger charge is 2.30. The number of sulfonamides is 1. The van der Waals surface area contributed by atoms with Crippen LogP contribution in [0.2, 0.25) is 0 Å². The van der Waals surface area contributed by atoms with Crippen LogP contribution in [0, 0.1) is 5.92 Å². The maximum absolute atomic E-state index is 11.6. The number of nitrogens with one attached hydrogen (secondary N) is 1. The molecule has 1 fully saturated rings. The summed E-state index contributed by atoms with van der Waals surface area (Å²) in [6.07, 6.45) is 5.93. The van der Waals surface area contributed by atoms with Gasteiger partial charge in [0.2, 0.25) is 10.0 Å². The number of nitrogens with zero attached hydrogens (tertiary/aromatic N) is 3. The lowest BCUT2D eigenvalue weighted by Gasteiger charge is -2.36. The molecule has 1 aliphatic heterocycles. The normalized spacial score (nSPS) is 24.9. The van der Waals surface area contributed by atoms with Crippen molar-refractivity contribution in [3.05, 3.63) is 18.2 Å². The van der Waals surface area contributed by atoms with Crippen LogP contribution >= 0.6 is 0 Å². The molecule has 0 unspecified atom stereocenters. The van der Waals surface area contributed by atoms with Gasteiger partial charge < -0.3 is 9.88 Å². The van der Waals surface area contributed by atoms with Crippen LogP contribution in [0.4, 0.5) is 0 Å². The fourth-order valence-corrected chi connectivity index (χ4v) is 3.67. The van der Waals surface area contributed by atoms with Crippen molar-refractivity contribution >= 4 is 10.0 Å². The second-order valence-electron chi connectivity index (χ2n) is 5.50. The molecular weight excluding hydrogens is 276 g/mol. The van der Waals surface area contributed by atoms with Crippen molar-refractivity contribution in [3.63, 3.8) is 0 Å². The average molecular weight is 300 g/mol. The fourth-order valence-electron chi connectivity index (χ4n) is 2.73. The van der Waals surface area contributed by atoms with Crippen LogP contribution < -0.4 is 5.32 Å². The van der Waals surface area contributed by atoms with Crippen molar-refractivity contribution in [1.29, 1.82) is 0 Å². The Bertz CT molecular complexity index is 540. The molecule has 2 heterocycles. The molecule has 1 saturated heterocycles. The maximum atomic E-state index is 11.6. The summed E-state index contributed by atoms with van der Waals surface area (Å²) in [5.74, 6) is 1.34. The number of aryl methyl sites for hydroxylation is 1. The lowest BCUT2D eigenvalue weighted by molar-refractivity contribution is 0.218. The molecule has 0 aliphatic carbocycles. The quantitative estimate of drug-likeness (QED) is 0.867. The molecule has 6 nitrogen and oxygen atoms in total. The third kappa shape index (κ3) is 3.59. The van der Waals surface area contributed by atoms with Crippen LogP contribution in [0.1, 0.15) is 26.1 Å². The first-order valence-electron chi connectivity index (χ1n) is 7.10. The summed E-state index contributed by atoms with van der Waals surface area (Å²) in [7, 11) is -3.06. The van der Waals surface area contributed by atoms with Gasteiger partial charge in [0.15, 0.2) is 0 Å². The average Bonchev–Trinajstić information content (AvgIpc) is 2.83. The Labute approximate surface area is 121 Å². The third-order valence-corrected chi connectivity index (χ3v) is 5.27. The van der Waals surface area contributed by atoms with Gasteiger partial charge in [-0.2, -0.15) is 0 Å². The summed E-state index contributed by atoms with van der Waals surface area (Å²) in [4.78, 5) is 4.34. The van der Waals surface area contributed by atoms with E-state index in [1.165, 1.54) is 6.26 Å². The third-order valence-electron chi connectivity index (χ3n) is 4.00. The van der Waals surface area contributed by atoms with E-state index in [9.17, 15) is 8.42 Å². The van der Waals surface area contributed by atoms with Crippen LogP contribution in [0.5, 0.6) is 0 Å². The molecule has 0 bridgehead atoms. The molecule has 114 valence electrons. The molecule has 0 spiro atoms. The van der Waals surface area contributed by atoms with E-state index >= 15 is 0 Å². The second-order valence-corrected chi connectivity index (χ2v) is 7.49. The van der Waals surface area contributed by atoms with Crippen LogP contribution in [-0.2, 0) is 23.1 Å². The van der Waals surface area contributed by atoms with E-state index in [1.807, 2.05) is 12.4 Å². The molecule has 2 atom stereocenters. The smallest absolute Gasteiger partial charge is 0.211 e. The zero-order chi connectivity index (χ0) is 14.8. The lowest BCUT2D eigenvalue weighted by Crippen LogP contribution is -2.49. The van der Waals surface area contributed by atoms with Crippen LogP contribution in [0.25, 0.3) is 0 Å². The maximum Gasteiger partial charge on any atom is 0.211 e. The number of imidazole rings is 1. The van der Waals surface area contributed by atoms with Crippen LogP contribution in [0.3, 0.4) is 0 Å². The van der Waals surface area contributed by atoms with Gasteiger partial charge in [-0.05, 0) is 19.3 Å². The van der Waals surface area contributed by atoms with Crippen molar-refractivity contribution in [2.75, 3.05) is 19.3 Å². The van der Waals surface area contributed by atoms with Crippen molar-refractivity contribution in [3.8, 4) is 0 Å². The highest BCUT2D eigenvalue weighted by atomic mass is 32.2. The van der Waals surface area contributed by atoms with Gasteiger partial charge in [-0.25, -0.2) is 17.7 Å². The number of rotatable bonds is 5. The highest BCUT2D eigenvalue weighted by Crippen LogP contribution is 2.19. The molecule has 0 aromatic carbocycles. The van der Waals surface area contributed by atoms with Crippen LogP contribution in [0.15, 0.2) is 12.4 Å². The molecule has 0 amide bonds. The molecule has 1 N–H and O–H groups in total. The number of hydrogen-bond acceptors (Lipinski definition) is 4. The molecule has 1 aromatic heterocycles. The fraction of sp³-hybridized carbons (Fsp3) is 0.769. The summed E-state index contributed by atoms with van der Waals surface area (Å²) in [5.41, 5.74) is 0. The number of piperidine rings is 1. The molecule has 0 saturated carbocycles. The van der Waals surface area contributed by atoms with E-state index in [-0.39, 0.29) is 0 Å². The Morgan fingerprint density at radius 2 is 2.25 bits per heavy atom. The van der Waals surface area contributed by atoms with E-state index < -0.39 is 10.0 Å². The van der Waals surface area contributed by atoms with Crippen molar-refractivity contribution in [2.24, 2.45) is 5.92 Å². The van der Waals surface area contributed by atoms with E-state index in [4.69, 9.17) is 0 Å². The van der Waals surface area contributed by atoms with E-state index in [0.717, 1.165) is 25.3 Å². The SMILES string of the molecule is CCn1ccnc1CN[C@H]1CCN(S(C)(=O)=O)C[C@@H]1C. The predicted octanol–water partition coefficient (Wildman–Crippen LogP) is 0.663. The Hall–Kier alpha value is -0.920. The standard InChI is InChI=1S/C13H24N4O2S/c1-4-16-8-6-14-13(16)9-15-12-5-7-17(10-11(12)2)20(3,18)19/h6,8,11-12,15H,4-5,7,9-10H2,1-3H3/t11-,12-/m0/s1. The minimum Gasteiger partial charge on any atom is -0.334 e. The Morgan fingerprint density at radius 1 is 1.50 bits per heavy atom. The Morgan fingerprint density at radius 3 is 2.85 bits per heavy atom. The first-order valence-corrected chi connectivity index (χ1v) is 8.95. The molecule has 7 heteroatoms. The monoisotopic (exact) mass is 300 g/mol. The second kappa shape index (κ2) is 6.24. The largest absolute Gasteiger partial charge is 0.334 e. The number of hydrogen-bond donors (Lipinski definition) is 1. The van der Waals surface area contributed by atoms with Gasteiger partial charge in [0.05, 0.1) is 12.8 Å². The van der Waals surface area contributed by atoms with Gasteiger partial charge in [-0.1, -0.05) is 6.92 Å². The summed E-state index contributed by atoms with van der Waals surface area (Å²) in [6, 6.07) is 0.343. The molecule has 2 rings (SSSR count). The summed E-state index contributed by atoms with van der Waals surface area (Å²) in [6.45, 7) is 7.04. The molecule has 0 radical (unpaired) electrons. The number of aromatic nitrogens is 2. The van der Waals surface area contributed by atoms with Gasteiger partial charge in [0, 0.05) is 38.1 Å². The topological polar surface area (TPSA) is 67.2 Å². The molecular formula is C13H24N4O2S. The van der Waals surface area contributed by atoms with Gasteiger partial charge >= 0.3 is 0 Å². The summed E-state index contributed by atoms with van der Waals surface area (Å²) in [5, 5.41) is 3.52. The molecule has 1 aromatic rings. The van der Waals surface area contributed by atoms with Crippen LogP contribution in [-0.4, -0.2) is 47.7 Å². The van der Waals surface area contributed by atoms with Gasteiger partial charge in [-0.15, -0.1) is 0 Å². The molecule has 1 aliphatic rings.